The van der Waals surface area contributed by atoms with Crippen molar-refractivity contribution < 1.29 is 14.4 Å². The molecule has 3 N–H and O–H groups in total. The fourth-order valence-electron chi connectivity index (χ4n) is 2.58. The van der Waals surface area contributed by atoms with Crippen LogP contribution in [0, 0.1) is 0 Å². The number of benzene rings is 1. The van der Waals surface area contributed by atoms with Crippen molar-refractivity contribution in [2.45, 2.75) is 25.3 Å². The first-order valence-electron chi connectivity index (χ1n) is 7.90. The normalized spacial score (nSPS) is 19.4. The maximum Gasteiger partial charge on any atom is 0.344 e. The molecule has 2 heterocycles. The molecular weight excluding hydrogens is 420 g/mol. The lowest BCUT2D eigenvalue weighted by molar-refractivity contribution is -0.132. The van der Waals surface area contributed by atoms with Gasteiger partial charge >= 0.3 is 12.1 Å². The van der Waals surface area contributed by atoms with Crippen LogP contribution in [0.5, 0.6) is 0 Å². The summed E-state index contributed by atoms with van der Waals surface area (Å²) in [6.07, 6.45) is 1.11. The third-order valence-electron chi connectivity index (χ3n) is 4.03. The van der Waals surface area contributed by atoms with Gasteiger partial charge in [0, 0.05) is 15.0 Å². The predicted molar refractivity (Wildman–Crippen MR) is 103 cm³/mol. The number of thiophene rings is 1. The Hall–Kier alpha value is -2.39. The monoisotopic (exact) mass is 436 g/mol. The van der Waals surface area contributed by atoms with Crippen LogP contribution >= 0.6 is 27.3 Å². The minimum Gasteiger partial charge on any atom is -0.322 e. The van der Waals surface area contributed by atoms with Crippen molar-refractivity contribution in [3.63, 3.8) is 0 Å². The van der Waals surface area contributed by atoms with Crippen molar-refractivity contribution in [2.24, 2.45) is 0 Å². The van der Waals surface area contributed by atoms with Gasteiger partial charge in [-0.2, -0.15) is 5.01 Å². The number of rotatable bonds is 5. The number of hydrogen-bond acceptors (Lipinski definition) is 4. The summed E-state index contributed by atoms with van der Waals surface area (Å²) in [4.78, 5) is 38.0. The van der Waals surface area contributed by atoms with Crippen LogP contribution < -0.4 is 16.1 Å². The van der Waals surface area contributed by atoms with Crippen LogP contribution in [-0.2, 0) is 11.2 Å². The molecule has 9 heteroatoms. The number of anilines is 1. The number of hydrazine groups is 1. The summed E-state index contributed by atoms with van der Waals surface area (Å²) in [5, 5.41) is 7.93. The summed E-state index contributed by atoms with van der Waals surface area (Å²) < 4.78 is 0.874. The van der Waals surface area contributed by atoms with Gasteiger partial charge < -0.3 is 10.6 Å². The predicted octanol–water partition coefficient (Wildman–Crippen LogP) is 3.49. The second-order valence-electron chi connectivity index (χ2n) is 6.06. The number of carbonyl (C=O) groups is 3. The van der Waals surface area contributed by atoms with E-state index in [-0.39, 0.29) is 0 Å². The number of amides is 5. The average molecular weight is 437 g/mol. The third-order valence-corrected chi connectivity index (χ3v) is 5.49. The van der Waals surface area contributed by atoms with Crippen molar-refractivity contribution in [1.82, 2.24) is 15.8 Å². The zero-order chi connectivity index (χ0) is 18.7. The van der Waals surface area contributed by atoms with Crippen molar-refractivity contribution >= 4 is 50.9 Å². The van der Waals surface area contributed by atoms with Crippen LogP contribution in [0.25, 0.3) is 0 Å². The summed E-state index contributed by atoms with van der Waals surface area (Å²) in [7, 11) is 0. The molecule has 1 fully saturated rings. The van der Waals surface area contributed by atoms with Crippen LogP contribution in [-0.4, -0.2) is 28.5 Å². The zero-order valence-electron chi connectivity index (χ0n) is 13.9. The Kier molecular flexibility index (Phi) is 5.28. The van der Waals surface area contributed by atoms with E-state index in [1.807, 2.05) is 17.5 Å². The lowest BCUT2D eigenvalue weighted by atomic mass is 9.96. The standard InChI is InChI=1S/C17H17BrN4O3S/c1-17(9-8-13-3-2-10-26-13)14(23)22(16(25)20-17)21-15(24)19-12-6-4-11(18)5-7-12/h2-7,10H,8-9H2,1H3,(H,20,25)(H2,19,21,24). The summed E-state index contributed by atoms with van der Waals surface area (Å²) in [6, 6.07) is 9.54. The molecule has 136 valence electrons. The third kappa shape index (κ3) is 4.05. The van der Waals surface area contributed by atoms with Gasteiger partial charge in [0.05, 0.1) is 0 Å². The van der Waals surface area contributed by atoms with E-state index in [0.717, 1.165) is 14.4 Å². The molecule has 2 aromatic rings. The highest BCUT2D eigenvalue weighted by Gasteiger charge is 2.48. The Labute approximate surface area is 162 Å². The van der Waals surface area contributed by atoms with Gasteiger partial charge in [-0.15, -0.1) is 11.3 Å². The molecule has 0 aliphatic carbocycles. The lowest BCUT2D eigenvalue weighted by Crippen LogP contribution is -2.50. The highest BCUT2D eigenvalue weighted by molar-refractivity contribution is 9.10. The van der Waals surface area contributed by atoms with Gasteiger partial charge in [0.25, 0.3) is 5.91 Å². The quantitative estimate of drug-likeness (QED) is 0.626. The number of imide groups is 1. The SMILES string of the molecule is CC1(CCc2cccs2)NC(=O)N(NC(=O)Nc2ccc(Br)cc2)C1=O. The molecule has 1 aliphatic rings. The highest BCUT2D eigenvalue weighted by atomic mass is 79.9. The van der Waals surface area contributed by atoms with Gasteiger partial charge in [-0.3, -0.25) is 4.79 Å². The summed E-state index contributed by atoms with van der Waals surface area (Å²) in [5.74, 6) is -0.481. The van der Waals surface area contributed by atoms with Crippen LogP contribution in [0.2, 0.25) is 0 Å². The van der Waals surface area contributed by atoms with E-state index in [2.05, 4.69) is 32.0 Å². The first kappa shape index (κ1) is 18.4. The molecular formula is C17H17BrN4O3S. The van der Waals surface area contributed by atoms with E-state index in [4.69, 9.17) is 0 Å². The number of hydrogen-bond donors (Lipinski definition) is 3. The van der Waals surface area contributed by atoms with Crippen LogP contribution in [0.3, 0.4) is 0 Å². The van der Waals surface area contributed by atoms with Gasteiger partial charge in [0.1, 0.15) is 5.54 Å². The van der Waals surface area contributed by atoms with Crippen LogP contribution in [0.4, 0.5) is 15.3 Å². The minimum atomic E-state index is -1.05. The molecule has 1 saturated heterocycles. The van der Waals surface area contributed by atoms with Crippen molar-refractivity contribution in [3.05, 3.63) is 51.1 Å². The van der Waals surface area contributed by atoms with Gasteiger partial charge in [0.15, 0.2) is 0 Å². The maximum absolute atomic E-state index is 12.6. The first-order valence-corrected chi connectivity index (χ1v) is 9.57. The summed E-state index contributed by atoms with van der Waals surface area (Å²) in [5.41, 5.74) is 1.79. The van der Waals surface area contributed by atoms with Crippen molar-refractivity contribution in [2.75, 3.05) is 5.32 Å². The summed E-state index contributed by atoms with van der Waals surface area (Å²) in [6.45, 7) is 1.66. The molecule has 1 aromatic heterocycles. The Morgan fingerprint density at radius 3 is 2.65 bits per heavy atom. The Morgan fingerprint density at radius 2 is 2.00 bits per heavy atom. The van der Waals surface area contributed by atoms with E-state index in [1.54, 1.807) is 42.5 Å². The molecule has 26 heavy (non-hydrogen) atoms. The lowest BCUT2D eigenvalue weighted by Gasteiger charge is -2.21. The number of urea groups is 2. The van der Waals surface area contributed by atoms with E-state index in [0.29, 0.717) is 18.5 Å². The molecule has 5 amide bonds. The Morgan fingerprint density at radius 1 is 1.27 bits per heavy atom. The molecule has 1 aliphatic heterocycles. The smallest absolute Gasteiger partial charge is 0.322 e. The largest absolute Gasteiger partial charge is 0.344 e. The second kappa shape index (κ2) is 7.46. The molecule has 1 unspecified atom stereocenters. The van der Waals surface area contributed by atoms with E-state index < -0.39 is 23.5 Å². The number of halogens is 1. The van der Waals surface area contributed by atoms with Crippen molar-refractivity contribution in [1.29, 1.82) is 0 Å². The molecule has 0 bridgehead atoms. The molecule has 3 rings (SSSR count). The zero-order valence-corrected chi connectivity index (χ0v) is 16.3. The molecule has 0 radical (unpaired) electrons. The van der Waals surface area contributed by atoms with E-state index >= 15 is 0 Å². The second-order valence-corrected chi connectivity index (χ2v) is 8.00. The Balaban J connectivity index is 1.60. The van der Waals surface area contributed by atoms with E-state index in [1.165, 1.54) is 0 Å². The molecule has 1 atom stereocenters. The minimum absolute atomic E-state index is 0.449. The average Bonchev–Trinajstić information content (AvgIpc) is 3.19. The van der Waals surface area contributed by atoms with Gasteiger partial charge in [-0.05, 0) is 55.5 Å². The van der Waals surface area contributed by atoms with Gasteiger partial charge in [-0.1, -0.05) is 22.0 Å². The van der Waals surface area contributed by atoms with Gasteiger partial charge in [0.2, 0.25) is 0 Å². The molecule has 7 nitrogen and oxygen atoms in total. The van der Waals surface area contributed by atoms with Crippen LogP contribution in [0.1, 0.15) is 18.2 Å². The van der Waals surface area contributed by atoms with Crippen molar-refractivity contribution in [3.8, 4) is 0 Å². The number of nitrogens with zero attached hydrogens (tertiary/aromatic N) is 1. The molecule has 0 spiro atoms. The summed E-state index contributed by atoms with van der Waals surface area (Å²) >= 11 is 4.91. The number of nitrogens with one attached hydrogen (secondary N) is 3. The van der Waals surface area contributed by atoms with Gasteiger partial charge in [-0.25, -0.2) is 15.0 Å². The molecule has 0 saturated carbocycles. The topological polar surface area (TPSA) is 90.5 Å². The fraction of sp³-hybridized carbons (Fsp3) is 0.235. The van der Waals surface area contributed by atoms with Crippen LogP contribution in [0.15, 0.2) is 46.3 Å². The Bertz CT molecular complexity index is 825. The van der Waals surface area contributed by atoms with E-state index in [9.17, 15) is 14.4 Å². The first-order chi connectivity index (χ1) is 12.4. The molecule has 1 aromatic carbocycles. The number of carbonyl (C=O) groups excluding carboxylic acids is 3. The maximum atomic E-state index is 12.6. The fourth-order valence-corrected chi connectivity index (χ4v) is 3.55. The number of aryl methyl sites for hydroxylation is 1. The highest BCUT2D eigenvalue weighted by Crippen LogP contribution is 2.23.